The number of anilines is 1. The number of carbonyl (C=O) groups excluding carboxylic acids is 2. The summed E-state index contributed by atoms with van der Waals surface area (Å²) < 4.78 is 20.9. The maximum atomic E-state index is 14.4. The molecule has 2 N–H and O–H groups in total. The van der Waals surface area contributed by atoms with Gasteiger partial charge in [0.15, 0.2) is 6.10 Å². The zero-order valence-corrected chi connectivity index (χ0v) is 23.4. The highest BCUT2D eigenvalue weighted by molar-refractivity contribution is 7.98. The van der Waals surface area contributed by atoms with Crippen molar-refractivity contribution >= 4 is 40.9 Å². The largest absolute Gasteiger partial charge is 0.476 e. The first-order valence-electron chi connectivity index (χ1n) is 11.8. The molecule has 4 rings (SSSR count). The van der Waals surface area contributed by atoms with Crippen LogP contribution in [-0.2, 0) is 15.0 Å². The van der Waals surface area contributed by atoms with E-state index in [2.05, 4.69) is 16.1 Å². The van der Waals surface area contributed by atoms with E-state index in [9.17, 15) is 18.8 Å². The van der Waals surface area contributed by atoms with Crippen molar-refractivity contribution in [3.05, 3.63) is 50.2 Å². The van der Waals surface area contributed by atoms with E-state index in [1.54, 1.807) is 13.2 Å². The first-order chi connectivity index (χ1) is 17.8. The molecule has 0 saturated heterocycles. The average Bonchev–Trinajstić information content (AvgIpc) is 3.12. The zero-order chi connectivity index (χ0) is 28.4. The van der Waals surface area contributed by atoms with Gasteiger partial charge in [0.25, 0.3) is 17.4 Å². The molecule has 2 heterocycles. The van der Waals surface area contributed by atoms with Gasteiger partial charge in [-0.15, -0.1) is 16.6 Å². The van der Waals surface area contributed by atoms with Crippen molar-refractivity contribution in [3.8, 4) is 18.1 Å². The lowest BCUT2D eigenvalue weighted by Crippen LogP contribution is -2.37. The van der Waals surface area contributed by atoms with Gasteiger partial charge >= 0.3 is 0 Å². The Labute approximate surface area is 229 Å². The standard InChI is InChI=1S/C18H15ClFNO3.C8H14N4OS/c1-3-10(2)24-16-9-15(14(20)8-13(16)19)21-17(22)11-6-4-5-7-12(11)18(21)23;1-8(2,3)5-6(13)12(9)7(14-4)11-10-5/h1,8-10H,4-7H2,2H3;9H2,1-4H3. The lowest BCUT2D eigenvalue weighted by atomic mass is 9.93. The summed E-state index contributed by atoms with van der Waals surface area (Å²) in [6.45, 7) is 7.33. The fraction of sp³-hybridized carbons (Fsp3) is 0.423. The van der Waals surface area contributed by atoms with Crippen LogP contribution in [0, 0.1) is 18.2 Å². The van der Waals surface area contributed by atoms with Crippen LogP contribution in [0.4, 0.5) is 10.1 Å². The summed E-state index contributed by atoms with van der Waals surface area (Å²) in [4.78, 5) is 37.7. The topological polar surface area (TPSA) is 120 Å². The SMILES string of the molecule is C#CC(C)Oc1cc(N2C(=O)C3=C(CCCC3)C2=O)c(F)cc1Cl.CSc1nnc(C(C)(C)C)c(=O)n1N. The Morgan fingerprint density at radius 1 is 1.16 bits per heavy atom. The number of thioether (sulfide) groups is 1. The molecule has 38 heavy (non-hydrogen) atoms. The maximum absolute atomic E-state index is 14.4. The molecule has 0 fully saturated rings. The van der Waals surface area contributed by atoms with Crippen LogP contribution in [-0.4, -0.2) is 39.0 Å². The molecule has 0 spiro atoms. The lowest BCUT2D eigenvalue weighted by molar-refractivity contribution is -0.120. The predicted molar refractivity (Wildman–Crippen MR) is 145 cm³/mol. The minimum Gasteiger partial charge on any atom is -0.476 e. The quantitative estimate of drug-likeness (QED) is 0.257. The van der Waals surface area contributed by atoms with Crippen molar-refractivity contribution in [2.45, 2.75) is 70.1 Å². The van der Waals surface area contributed by atoms with E-state index in [4.69, 9.17) is 28.6 Å². The van der Waals surface area contributed by atoms with Gasteiger partial charge in [-0.3, -0.25) is 14.4 Å². The Kier molecular flexibility index (Phi) is 8.90. The monoisotopic (exact) mass is 561 g/mol. The molecule has 0 bridgehead atoms. The smallest absolute Gasteiger partial charge is 0.295 e. The molecule has 0 radical (unpaired) electrons. The van der Waals surface area contributed by atoms with Crippen LogP contribution in [0.1, 0.15) is 59.1 Å². The molecule has 0 saturated carbocycles. The molecular formula is C26H29ClFN5O4S. The Hall–Kier alpha value is -3.36. The molecule has 1 aliphatic heterocycles. The van der Waals surface area contributed by atoms with E-state index in [1.165, 1.54) is 17.8 Å². The number of benzene rings is 1. The summed E-state index contributed by atoms with van der Waals surface area (Å²) in [7, 11) is 0. The molecule has 1 aliphatic carbocycles. The third-order valence-corrected chi connectivity index (χ3v) is 6.87. The summed E-state index contributed by atoms with van der Waals surface area (Å²) in [5.74, 6) is 6.38. The number of rotatable bonds is 4. The van der Waals surface area contributed by atoms with Crippen molar-refractivity contribution in [2.75, 3.05) is 17.0 Å². The minimum atomic E-state index is -0.762. The van der Waals surface area contributed by atoms with E-state index in [1.807, 2.05) is 20.8 Å². The number of hydrogen-bond acceptors (Lipinski definition) is 8. The molecule has 2 aromatic rings. The van der Waals surface area contributed by atoms with Crippen LogP contribution in [0.25, 0.3) is 0 Å². The van der Waals surface area contributed by atoms with Crippen LogP contribution in [0.3, 0.4) is 0 Å². The molecule has 2 aliphatic rings. The summed E-state index contributed by atoms with van der Waals surface area (Å²) >= 11 is 7.26. The molecule has 1 aromatic heterocycles. The summed E-state index contributed by atoms with van der Waals surface area (Å²) in [6.07, 6.45) is 9.26. The van der Waals surface area contributed by atoms with Crippen LogP contribution < -0.4 is 21.0 Å². The average molecular weight is 562 g/mol. The normalized spacial score (nSPS) is 16.0. The third-order valence-electron chi connectivity index (χ3n) is 5.93. The van der Waals surface area contributed by atoms with Crippen molar-refractivity contribution in [1.29, 1.82) is 0 Å². The van der Waals surface area contributed by atoms with Gasteiger partial charge in [0.1, 0.15) is 17.3 Å². The van der Waals surface area contributed by atoms with Crippen molar-refractivity contribution < 1.29 is 18.7 Å². The highest BCUT2D eigenvalue weighted by atomic mass is 35.5. The second-order valence-electron chi connectivity index (χ2n) is 9.73. The number of nitrogen functional groups attached to an aromatic ring is 1. The summed E-state index contributed by atoms with van der Waals surface area (Å²) in [5.41, 5.74) is 0.583. The summed E-state index contributed by atoms with van der Waals surface area (Å²) in [5, 5.41) is 8.21. The number of ether oxygens (including phenoxy) is 1. The maximum Gasteiger partial charge on any atom is 0.295 e. The van der Waals surface area contributed by atoms with Crippen LogP contribution in [0.15, 0.2) is 33.2 Å². The van der Waals surface area contributed by atoms with Gasteiger partial charge in [-0.1, -0.05) is 50.1 Å². The Morgan fingerprint density at radius 2 is 1.74 bits per heavy atom. The highest BCUT2D eigenvalue weighted by Crippen LogP contribution is 2.39. The number of nitrogens with two attached hydrogens (primary N) is 1. The number of carbonyl (C=O) groups is 2. The Bertz CT molecular complexity index is 1380. The van der Waals surface area contributed by atoms with E-state index in [0.29, 0.717) is 34.8 Å². The van der Waals surface area contributed by atoms with Crippen LogP contribution >= 0.6 is 23.4 Å². The lowest BCUT2D eigenvalue weighted by Gasteiger charge is -2.19. The second-order valence-corrected chi connectivity index (χ2v) is 10.9. The first kappa shape index (κ1) is 29.2. The van der Waals surface area contributed by atoms with E-state index in [0.717, 1.165) is 28.5 Å². The van der Waals surface area contributed by atoms with Gasteiger partial charge in [0, 0.05) is 22.6 Å². The van der Waals surface area contributed by atoms with Crippen molar-refractivity contribution in [3.63, 3.8) is 0 Å². The third kappa shape index (κ3) is 5.87. The number of nitrogens with zero attached hydrogens (tertiary/aromatic N) is 4. The molecule has 2 amide bonds. The fourth-order valence-electron chi connectivity index (χ4n) is 3.96. The molecule has 1 atom stereocenters. The van der Waals surface area contributed by atoms with Gasteiger partial charge in [-0.25, -0.2) is 9.29 Å². The zero-order valence-electron chi connectivity index (χ0n) is 21.8. The van der Waals surface area contributed by atoms with Gasteiger partial charge < -0.3 is 10.6 Å². The van der Waals surface area contributed by atoms with Gasteiger partial charge in [-0.2, -0.15) is 4.68 Å². The summed E-state index contributed by atoms with van der Waals surface area (Å²) in [6, 6.07) is 2.27. The molecular weight excluding hydrogens is 533 g/mol. The molecule has 9 nitrogen and oxygen atoms in total. The molecule has 202 valence electrons. The number of hydrogen-bond donors (Lipinski definition) is 1. The van der Waals surface area contributed by atoms with Gasteiger partial charge in [0.05, 0.1) is 10.7 Å². The second kappa shape index (κ2) is 11.6. The van der Waals surface area contributed by atoms with Crippen LogP contribution in [0.2, 0.25) is 5.02 Å². The van der Waals surface area contributed by atoms with Crippen LogP contribution in [0.5, 0.6) is 5.75 Å². The van der Waals surface area contributed by atoms with E-state index >= 15 is 0 Å². The Balaban J connectivity index is 0.000000244. The first-order valence-corrected chi connectivity index (χ1v) is 13.4. The van der Waals surface area contributed by atoms with Crippen molar-refractivity contribution in [1.82, 2.24) is 14.9 Å². The van der Waals surface area contributed by atoms with Crippen molar-refractivity contribution in [2.24, 2.45) is 0 Å². The highest BCUT2D eigenvalue weighted by Gasteiger charge is 2.41. The Morgan fingerprint density at radius 3 is 2.24 bits per heavy atom. The fourth-order valence-corrected chi connectivity index (χ4v) is 4.55. The minimum absolute atomic E-state index is 0.0233. The van der Waals surface area contributed by atoms with Gasteiger partial charge in [0.2, 0.25) is 5.16 Å². The number of imide groups is 1. The number of aromatic nitrogens is 3. The van der Waals surface area contributed by atoms with E-state index < -0.39 is 23.7 Å². The molecule has 12 heteroatoms. The van der Waals surface area contributed by atoms with Gasteiger partial charge in [-0.05, 0) is 44.9 Å². The molecule has 1 unspecified atom stereocenters. The number of terminal acetylenes is 1. The predicted octanol–water partition coefficient (Wildman–Crippen LogP) is 3.99. The number of amides is 2. The number of halogens is 2. The van der Waals surface area contributed by atoms with E-state index in [-0.39, 0.29) is 27.4 Å². The molecule has 1 aromatic carbocycles.